The summed E-state index contributed by atoms with van der Waals surface area (Å²) in [6.07, 6.45) is 5.54. The van der Waals surface area contributed by atoms with Crippen molar-refractivity contribution in [1.82, 2.24) is 14.9 Å². The number of hydrogen-bond donors (Lipinski definition) is 1. The number of nitrogens with zero attached hydrogens (tertiary/aromatic N) is 3. The number of aromatic nitrogens is 2. The molecule has 1 N–H and O–H groups in total. The molecule has 5 heteroatoms. The first-order valence-corrected chi connectivity index (χ1v) is 6.66. The van der Waals surface area contributed by atoms with Crippen LogP contribution in [0.4, 0.5) is 5.82 Å². The van der Waals surface area contributed by atoms with E-state index in [1.165, 1.54) is 38.7 Å². The number of ether oxygens (including phenoxy) is 1. The molecule has 0 saturated carbocycles. The van der Waals surface area contributed by atoms with Crippen molar-refractivity contribution in [2.45, 2.75) is 26.2 Å². The highest BCUT2D eigenvalue weighted by Gasteiger charge is 2.11. The van der Waals surface area contributed by atoms with E-state index < -0.39 is 0 Å². The van der Waals surface area contributed by atoms with Gasteiger partial charge in [0.15, 0.2) is 0 Å². The van der Waals surface area contributed by atoms with E-state index in [1.54, 1.807) is 0 Å². The molecule has 18 heavy (non-hydrogen) atoms. The zero-order valence-corrected chi connectivity index (χ0v) is 11.3. The topological polar surface area (TPSA) is 50.3 Å². The van der Waals surface area contributed by atoms with Crippen LogP contribution in [0.25, 0.3) is 0 Å². The molecule has 0 spiro atoms. The van der Waals surface area contributed by atoms with E-state index in [2.05, 4.69) is 20.2 Å². The van der Waals surface area contributed by atoms with Crippen molar-refractivity contribution in [2.24, 2.45) is 0 Å². The van der Waals surface area contributed by atoms with E-state index in [4.69, 9.17) is 4.74 Å². The van der Waals surface area contributed by atoms with E-state index in [0.717, 1.165) is 17.9 Å². The highest BCUT2D eigenvalue weighted by Crippen LogP contribution is 2.19. The van der Waals surface area contributed by atoms with Crippen LogP contribution in [0.3, 0.4) is 0 Å². The van der Waals surface area contributed by atoms with Gasteiger partial charge < -0.3 is 10.1 Å². The molecule has 1 aliphatic heterocycles. The zero-order valence-electron chi connectivity index (χ0n) is 11.3. The molecule has 100 valence electrons. The second kappa shape index (κ2) is 6.54. The van der Waals surface area contributed by atoms with Crippen LogP contribution in [0, 0.1) is 6.92 Å². The number of anilines is 1. The molecule has 2 rings (SSSR count). The molecule has 0 aromatic carbocycles. The summed E-state index contributed by atoms with van der Waals surface area (Å²) in [5.41, 5.74) is 0.971. The monoisotopic (exact) mass is 250 g/mol. The SMILES string of the molecule is CNc1ncnc(OCCN2CCCCC2)c1C. The van der Waals surface area contributed by atoms with Crippen molar-refractivity contribution in [3.05, 3.63) is 11.9 Å². The Balaban J connectivity index is 1.82. The van der Waals surface area contributed by atoms with Gasteiger partial charge in [0.25, 0.3) is 0 Å². The Morgan fingerprint density at radius 1 is 1.28 bits per heavy atom. The van der Waals surface area contributed by atoms with E-state index in [0.29, 0.717) is 12.5 Å². The fraction of sp³-hybridized carbons (Fsp3) is 0.692. The van der Waals surface area contributed by atoms with Crippen molar-refractivity contribution in [3.8, 4) is 5.88 Å². The normalized spacial score (nSPS) is 16.6. The number of hydrogen-bond acceptors (Lipinski definition) is 5. The van der Waals surface area contributed by atoms with Crippen molar-refractivity contribution >= 4 is 5.82 Å². The van der Waals surface area contributed by atoms with Gasteiger partial charge in [-0.2, -0.15) is 0 Å². The minimum absolute atomic E-state index is 0.686. The molecule has 1 aromatic heterocycles. The average Bonchev–Trinajstić information content (AvgIpc) is 2.42. The summed E-state index contributed by atoms with van der Waals surface area (Å²) in [6.45, 7) is 6.06. The predicted octanol–water partition coefficient (Wildman–Crippen LogP) is 1.69. The van der Waals surface area contributed by atoms with Gasteiger partial charge >= 0.3 is 0 Å². The summed E-state index contributed by atoms with van der Waals surface area (Å²) in [5.74, 6) is 1.52. The van der Waals surface area contributed by atoms with Crippen LogP contribution in [0.15, 0.2) is 6.33 Å². The van der Waals surface area contributed by atoms with Crippen LogP contribution >= 0.6 is 0 Å². The third kappa shape index (κ3) is 3.32. The number of likely N-dealkylation sites (tertiary alicyclic amines) is 1. The van der Waals surface area contributed by atoms with E-state index in [1.807, 2.05) is 14.0 Å². The maximum atomic E-state index is 5.75. The van der Waals surface area contributed by atoms with Crippen LogP contribution in [-0.4, -0.2) is 48.2 Å². The Hall–Kier alpha value is -1.36. The fourth-order valence-electron chi connectivity index (χ4n) is 2.29. The van der Waals surface area contributed by atoms with Crippen molar-refractivity contribution in [1.29, 1.82) is 0 Å². The molecule has 0 aliphatic carbocycles. The highest BCUT2D eigenvalue weighted by molar-refractivity contribution is 5.46. The fourth-order valence-corrected chi connectivity index (χ4v) is 2.29. The van der Waals surface area contributed by atoms with E-state index in [-0.39, 0.29) is 0 Å². The summed E-state index contributed by atoms with van der Waals surface area (Å²) in [6, 6.07) is 0. The van der Waals surface area contributed by atoms with Gasteiger partial charge in [0.2, 0.25) is 5.88 Å². The molecule has 0 atom stereocenters. The van der Waals surface area contributed by atoms with E-state index >= 15 is 0 Å². The first-order chi connectivity index (χ1) is 8.81. The lowest BCUT2D eigenvalue weighted by molar-refractivity contribution is 0.180. The summed E-state index contributed by atoms with van der Waals surface area (Å²) >= 11 is 0. The molecule has 2 heterocycles. The van der Waals surface area contributed by atoms with Crippen LogP contribution in [0.1, 0.15) is 24.8 Å². The smallest absolute Gasteiger partial charge is 0.221 e. The Labute approximate surface area is 109 Å². The van der Waals surface area contributed by atoms with Gasteiger partial charge in [0, 0.05) is 13.6 Å². The first kappa shape index (κ1) is 13.1. The minimum atomic E-state index is 0.686. The Bertz CT molecular complexity index is 377. The Morgan fingerprint density at radius 3 is 2.78 bits per heavy atom. The predicted molar refractivity (Wildman–Crippen MR) is 72.1 cm³/mol. The highest BCUT2D eigenvalue weighted by atomic mass is 16.5. The van der Waals surface area contributed by atoms with Crippen molar-refractivity contribution in [2.75, 3.05) is 38.6 Å². The van der Waals surface area contributed by atoms with Crippen LogP contribution < -0.4 is 10.1 Å². The van der Waals surface area contributed by atoms with Crippen molar-refractivity contribution in [3.63, 3.8) is 0 Å². The first-order valence-electron chi connectivity index (χ1n) is 6.66. The minimum Gasteiger partial charge on any atom is -0.476 e. The lowest BCUT2D eigenvalue weighted by Crippen LogP contribution is -2.33. The molecular formula is C13H22N4O. The van der Waals surface area contributed by atoms with Crippen LogP contribution in [0.2, 0.25) is 0 Å². The van der Waals surface area contributed by atoms with Gasteiger partial charge in [0.1, 0.15) is 18.8 Å². The Morgan fingerprint density at radius 2 is 2.06 bits per heavy atom. The lowest BCUT2D eigenvalue weighted by Gasteiger charge is -2.26. The molecule has 5 nitrogen and oxygen atoms in total. The zero-order chi connectivity index (χ0) is 12.8. The second-order valence-corrected chi connectivity index (χ2v) is 4.65. The quantitative estimate of drug-likeness (QED) is 0.862. The van der Waals surface area contributed by atoms with E-state index in [9.17, 15) is 0 Å². The maximum absolute atomic E-state index is 5.75. The number of rotatable bonds is 5. The molecule has 1 saturated heterocycles. The molecule has 1 fully saturated rings. The van der Waals surface area contributed by atoms with Gasteiger partial charge in [-0.3, -0.25) is 4.90 Å². The van der Waals surface area contributed by atoms with Gasteiger partial charge in [-0.25, -0.2) is 9.97 Å². The molecule has 0 radical (unpaired) electrons. The Kier molecular flexibility index (Phi) is 4.75. The maximum Gasteiger partial charge on any atom is 0.221 e. The lowest BCUT2D eigenvalue weighted by atomic mass is 10.1. The number of piperidine rings is 1. The molecular weight excluding hydrogens is 228 g/mol. The third-order valence-electron chi connectivity index (χ3n) is 3.37. The van der Waals surface area contributed by atoms with Gasteiger partial charge in [-0.05, 0) is 32.9 Å². The standard InChI is InChI=1S/C13H22N4O/c1-11-12(14-2)15-10-16-13(11)18-9-8-17-6-4-3-5-7-17/h10H,3-9H2,1-2H3,(H,14,15,16). The molecule has 0 bridgehead atoms. The average molecular weight is 250 g/mol. The third-order valence-corrected chi connectivity index (χ3v) is 3.37. The summed E-state index contributed by atoms with van der Waals surface area (Å²) in [4.78, 5) is 10.8. The summed E-state index contributed by atoms with van der Waals surface area (Å²) in [7, 11) is 1.85. The van der Waals surface area contributed by atoms with Crippen molar-refractivity contribution < 1.29 is 4.74 Å². The molecule has 1 aromatic rings. The summed E-state index contributed by atoms with van der Waals surface area (Å²) < 4.78 is 5.75. The molecule has 0 unspecified atom stereocenters. The summed E-state index contributed by atoms with van der Waals surface area (Å²) in [5, 5.41) is 3.03. The van der Waals surface area contributed by atoms with Gasteiger partial charge in [-0.1, -0.05) is 6.42 Å². The van der Waals surface area contributed by atoms with Crippen LogP contribution in [0.5, 0.6) is 5.88 Å². The van der Waals surface area contributed by atoms with Gasteiger partial charge in [0.05, 0.1) is 5.56 Å². The largest absolute Gasteiger partial charge is 0.476 e. The molecule has 1 aliphatic rings. The van der Waals surface area contributed by atoms with Crippen LogP contribution in [-0.2, 0) is 0 Å². The van der Waals surface area contributed by atoms with Gasteiger partial charge in [-0.15, -0.1) is 0 Å². The second-order valence-electron chi connectivity index (χ2n) is 4.65. The molecule has 0 amide bonds. The number of nitrogens with one attached hydrogen (secondary N) is 1.